The standard InChI is InChI=1S/C18H18N8O5S3/c1-9(27)21-18-22-15-11(3-2-4-12(15)32-18)10-5-6-13(33(28,29)8-7-19)16(34(20,30)31)14(10)17-23-25-26-24-17/h2-6H,7-8,19H2,1H3,(H2,20,30,31)(H,21,22,27)(H,23,24,25,26). The minimum Gasteiger partial charge on any atom is -0.329 e. The summed E-state index contributed by atoms with van der Waals surface area (Å²) in [6.45, 7) is 1.12. The van der Waals surface area contributed by atoms with Crippen molar-refractivity contribution in [3.05, 3.63) is 30.3 Å². The topological polar surface area (TPSA) is 217 Å². The van der Waals surface area contributed by atoms with Gasteiger partial charge in [-0.15, -0.1) is 10.2 Å². The zero-order valence-electron chi connectivity index (χ0n) is 17.5. The second kappa shape index (κ2) is 8.80. The molecule has 0 aliphatic heterocycles. The SMILES string of the molecule is CC(=O)Nc1nc2c(-c3ccc(S(=O)(=O)CCN)c(S(N)(=O)=O)c3-c3nn[nH]n3)cccc2s1. The molecule has 2 heterocycles. The van der Waals surface area contributed by atoms with Gasteiger partial charge in [-0.25, -0.2) is 27.0 Å². The van der Waals surface area contributed by atoms with Gasteiger partial charge in [0.05, 0.1) is 26.4 Å². The number of rotatable bonds is 7. The van der Waals surface area contributed by atoms with Gasteiger partial charge in [-0.05, 0) is 22.9 Å². The number of amides is 1. The van der Waals surface area contributed by atoms with E-state index in [2.05, 4.69) is 30.9 Å². The Kier molecular flexibility index (Phi) is 6.17. The van der Waals surface area contributed by atoms with Crippen molar-refractivity contribution in [2.75, 3.05) is 17.6 Å². The number of H-pyrrole nitrogens is 1. The molecule has 0 saturated heterocycles. The van der Waals surface area contributed by atoms with Gasteiger partial charge < -0.3 is 11.1 Å². The first-order valence-electron chi connectivity index (χ1n) is 9.57. The molecule has 0 fully saturated rings. The number of sulfonamides is 1. The largest absolute Gasteiger partial charge is 0.329 e. The summed E-state index contributed by atoms with van der Waals surface area (Å²) in [6.07, 6.45) is 0. The maximum absolute atomic E-state index is 12.9. The van der Waals surface area contributed by atoms with Gasteiger partial charge in [0.25, 0.3) is 0 Å². The highest BCUT2D eigenvalue weighted by atomic mass is 32.2. The number of benzene rings is 2. The number of fused-ring (bicyclic) bond motifs is 1. The second-order valence-electron chi connectivity index (χ2n) is 7.06. The van der Waals surface area contributed by atoms with Crippen molar-refractivity contribution >= 4 is 52.5 Å². The van der Waals surface area contributed by atoms with E-state index >= 15 is 0 Å². The van der Waals surface area contributed by atoms with Crippen molar-refractivity contribution in [1.29, 1.82) is 0 Å². The zero-order chi connectivity index (χ0) is 24.7. The summed E-state index contributed by atoms with van der Waals surface area (Å²) < 4.78 is 51.9. The van der Waals surface area contributed by atoms with Gasteiger partial charge in [0, 0.05) is 19.0 Å². The van der Waals surface area contributed by atoms with Crippen LogP contribution in [0.5, 0.6) is 0 Å². The van der Waals surface area contributed by atoms with Gasteiger partial charge in [-0.3, -0.25) is 4.79 Å². The van der Waals surface area contributed by atoms with Gasteiger partial charge in [0.1, 0.15) is 4.90 Å². The third-order valence-corrected chi connectivity index (χ3v) is 8.53. The molecule has 0 aliphatic carbocycles. The van der Waals surface area contributed by atoms with Gasteiger partial charge in [-0.2, -0.15) is 5.21 Å². The highest BCUT2D eigenvalue weighted by Gasteiger charge is 2.32. The molecule has 34 heavy (non-hydrogen) atoms. The van der Waals surface area contributed by atoms with Crippen molar-refractivity contribution in [1.82, 2.24) is 25.6 Å². The van der Waals surface area contributed by atoms with E-state index in [4.69, 9.17) is 10.9 Å². The molecule has 2 aromatic carbocycles. The third-order valence-electron chi connectivity index (χ3n) is 4.69. The molecule has 0 saturated carbocycles. The number of carbonyl (C=O) groups excluding carboxylic acids is 1. The van der Waals surface area contributed by atoms with Crippen LogP contribution >= 0.6 is 11.3 Å². The Labute approximate surface area is 197 Å². The van der Waals surface area contributed by atoms with Crippen molar-refractivity contribution in [2.24, 2.45) is 10.9 Å². The van der Waals surface area contributed by atoms with Gasteiger partial charge >= 0.3 is 0 Å². The number of nitrogens with zero attached hydrogens (tertiary/aromatic N) is 4. The van der Waals surface area contributed by atoms with Crippen LogP contribution in [0.1, 0.15) is 6.92 Å². The molecule has 178 valence electrons. The number of para-hydroxylation sites is 1. The molecule has 0 atom stereocenters. The maximum atomic E-state index is 12.9. The lowest BCUT2D eigenvalue weighted by molar-refractivity contribution is -0.114. The number of sulfone groups is 1. The number of anilines is 1. The van der Waals surface area contributed by atoms with Gasteiger partial charge in [-0.1, -0.05) is 29.5 Å². The summed E-state index contributed by atoms with van der Waals surface area (Å²) in [6, 6.07) is 7.73. The lowest BCUT2D eigenvalue weighted by atomic mass is 9.98. The molecule has 0 aliphatic rings. The molecule has 16 heteroatoms. The molecule has 13 nitrogen and oxygen atoms in total. The van der Waals surface area contributed by atoms with Gasteiger partial charge in [0.15, 0.2) is 15.0 Å². The first-order chi connectivity index (χ1) is 16.0. The Morgan fingerprint density at radius 3 is 2.53 bits per heavy atom. The predicted molar refractivity (Wildman–Crippen MR) is 125 cm³/mol. The van der Waals surface area contributed by atoms with E-state index in [1.54, 1.807) is 18.2 Å². The summed E-state index contributed by atoms with van der Waals surface area (Å²) in [7, 11) is -8.72. The average Bonchev–Trinajstić information content (AvgIpc) is 3.40. The molecule has 1 amide bonds. The lowest BCUT2D eigenvalue weighted by Gasteiger charge is -2.16. The zero-order valence-corrected chi connectivity index (χ0v) is 20.0. The number of hydrogen-bond donors (Lipinski definition) is 4. The predicted octanol–water partition coefficient (Wildman–Crippen LogP) is 0.482. The number of thiazole rings is 1. The first-order valence-corrected chi connectivity index (χ1v) is 13.6. The summed E-state index contributed by atoms with van der Waals surface area (Å²) in [5.74, 6) is -0.986. The molecular formula is C18H18N8O5S3. The number of nitrogens with one attached hydrogen (secondary N) is 2. The van der Waals surface area contributed by atoms with Crippen LogP contribution in [0.15, 0.2) is 40.1 Å². The quantitative estimate of drug-likeness (QED) is 0.263. The van der Waals surface area contributed by atoms with Crippen molar-refractivity contribution < 1.29 is 21.6 Å². The molecule has 0 spiro atoms. The van der Waals surface area contributed by atoms with E-state index < -0.39 is 35.4 Å². The van der Waals surface area contributed by atoms with E-state index in [1.165, 1.54) is 24.3 Å². The van der Waals surface area contributed by atoms with Crippen LogP contribution in [0.3, 0.4) is 0 Å². The normalized spacial score (nSPS) is 12.2. The van der Waals surface area contributed by atoms with Crippen LogP contribution in [-0.2, 0) is 24.7 Å². The smallest absolute Gasteiger partial charge is 0.240 e. The summed E-state index contributed by atoms with van der Waals surface area (Å²) in [5.41, 5.74) is 6.41. The number of aromatic amines is 1. The van der Waals surface area contributed by atoms with E-state index in [0.717, 1.165) is 6.07 Å². The third kappa shape index (κ3) is 4.40. The molecule has 0 unspecified atom stereocenters. The minimum absolute atomic E-state index is 0.157. The highest BCUT2D eigenvalue weighted by molar-refractivity contribution is 7.93. The number of aromatic nitrogens is 5. The second-order valence-corrected chi connectivity index (χ2v) is 11.7. The fraction of sp³-hybridized carbons (Fsp3) is 0.167. The van der Waals surface area contributed by atoms with Crippen molar-refractivity contribution in [3.8, 4) is 22.5 Å². The maximum Gasteiger partial charge on any atom is 0.240 e. The Morgan fingerprint density at radius 1 is 1.15 bits per heavy atom. The van der Waals surface area contributed by atoms with Gasteiger partial charge in [0.2, 0.25) is 21.8 Å². The lowest BCUT2D eigenvalue weighted by Crippen LogP contribution is -2.22. The number of primary sulfonamides is 1. The number of hydrogen-bond acceptors (Lipinski definition) is 11. The molecule has 6 N–H and O–H groups in total. The van der Waals surface area contributed by atoms with Crippen molar-refractivity contribution in [3.63, 3.8) is 0 Å². The molecule has 0 radical (unpaired) electrons. The number of tetrazole rings is 1. The molecular weight excluding hydrogens is 504 g/mol. The van der Waals surface area contributed by atoms with E-state index in [1.807, 2.05) is 0 Å². The van der Waals surface area contributed by atoms with E-state index in [0.29, 0.717) is 20.9 Å². The van der Waals surface area contributed by atoms with Crippen LogP contribution in [0.2, 0.25) is 0 Å². The Hall–Kier alpha value is -3.31. The highest BCUT2D eigenvalue weighted by Crippen LogP contribution is 2.42. The van der Waals surface area contributed by atoms with Crippen LogP contribution in [-0.4, -0.2) is 60.6 Å². The van der Waals surface area contributed by atoms with Crippen LogP contribution in [0, 0.1) is 0 Å². The first kappa shape index (κ1) is 23.8. The van der Waals surface area contributed by atoms with Crippen LogP contribution in [0.25, 0.3) is 32.7 Å². The monoisotopic (exact) mass is 522 g/mol. The molecule has 4 rings (SSSR count). The molecule has 0 bridgehead atoms. The summed E-state index contributed by atoms with van der Waals surface area (Å²) in [4.78, 5) is 14.7. The molecule has 4 aromatic rings. The van der Waals surface area contributed by atoms with Crippen LogP contribution in [0.4, 0.5) is 5.13 Å². The number of nitrogens with two attached hydrogens (primary N) is 2. The summed E-state index contributed by atoms with van der Waals surface area (Å²) in [5, 5.41) is 21.9. The minimum atomic E-state index is -4.60. The van der Waals surface area contributed by atoms with Crippen molar-refractivity contribution in [2.45, 2.75) is 16.7 Å². The number of carbonyl (C=O) groups is 1. The fourth-order valence-corrected chi connectivity index (χ4v) is 7.13. The Balaban J connectivity index is 2.12. The van der Waals surface area contributed by atoms with Crippen LogP contribution < -0.4 is 16.2 Å². The summed E-state index contributed by atoms with van der Waals surface area (Å²) >= 11 is 1.22. The average molecular weight is 523 g/mol. The van der Waals surface area contributed by atoms with E-state index in [9.17, 15) is 21.6 Å². The Morgan fingerprint density at radius 2 is 1.91 bits per heavy atom. The van der Waals surface area contributed by atoms with E-state index in [-0.39, 0.29) is 29.4 Å². The fourth-order valence-electron chi connectivity index (χ4n) is 3.44. The Bertz CT molecular complexity index is 1610. The molecule has 2 aromatic heterocycles.